The van der Waals surface area contributed by atoms with Crippen molar-refractivity contribution in [1.29, 1.82) is 0 Å². The largest absolute Gasteiger partial charge is 0.494 e. The molecule has 1 heterocycles. The zero-order valence-electron chi connectivity index (χ0n) is 14.3. The van der Waals surface area contributed by atoms with Crippen LogP contribution in [0.25, 0.3) is 0 Å². The topological polar surface area (TPSA) is 73.3 Å². The first kappa shape index (κ1) is 17.2. The number of halogens is 1. The van der Waals surface area contributed by atoms with E-state index in [1.165, 1.54) is 5.56 Å². The van der Waals surface area contributed by atoms with Gasteiger partial charge in [0, 0.05) is 10.6 Å². The first-order chi connectivity index (χ1) is 11.9. The van der Waals surface area contributed by atoms with Crippen molar-refractivity contribution in [3.8, 4) is 5.75 Å². The van der Waals surface area contributed by atoms with E-state index >= 15 is 0 Å². The maximum absolute atomic E-state index is 6.31. The van der Waals surface area contributed by atoms with E-state index in [4.69, 9.17) is 27.8 Å². The molecule has 0 atom stereocenters. The monoisotopic (exact) mass is 355 g/mol. The van der Waals surface area contributed by atoms with Gasteiger partial charge in [0.25, 0.3) is 0 Å². The van der Waals surface area contributed by atoms with Gasteiger partial charge in [-0.15, -0.1) is 0 Å². The number of benzene rings is 2. The van der Waals surface area contributed by atoms with Crippen LogP contribution >= 0.6 is 11.6 Å². The Bertz CT molecular complexity index is 823. The zero-order valence-corrected chi connectivity index (χ0v) is 15.1. The van der Waals surface area contributed by atoms with Crippen molar-refractivity contribution >= 4 is 11.6 Å². The second kappa shape index (κ2) is 6.73. The fraction of sp³-hybridized carbons (Fsp3) is 0.200. The first-order valence-electron chi connectivity index (χ1n) is 8.18. The molecular weight excluding hydrogens is 334 g/mol. The summed E-state index contributed by atoms with van der Waals surface area (Å²) < 4.78 is 5.87. The summed E-state index contributed by atoms with van der Waals surface area (Å²) in [7, 11) is 0. The zero-order chi connectivity index (χ0) is 18.0. The second-order valence-corrected chi connectivity index (χ2v) is 6.57. The number of rotatable bonds is 4. The molecule has 0 fully saturated rings. The second-order valence-electron chi connectivity index (χ2n) is 6.13. The molecule has 5 N–H and O–H groups in total. The normalized spacial score (nSPS) is 15.8. The molecule has 0 bridgehead atoms. The quantitative estimate of drug-likeness (QED) is 0.784. The van der Waals surface area contributed by atoms with Gasteiger partial charge in [-0.3, -0.25) is 0 Å². The van der Waals surface area contributed by atoms with E-state index in [0.29, 0.717) is 23.3 Å². The Morgan fingerprint density at radius 2 is 1.68 bits per heavy atom. The number of aryl methyl sites for hydroxylation is 1. The van der Waals surface area contributed by atoms with Gasteiger partial charge in [0.15, 0.2) is 0 Å². The lowest BCUT2D eigenvalue weighted by Crippen LogP contribution is -2.37. The van der Waals surface area contributed by atoms with Crippen LogP contribution in [0.1, 0.15) is 23.6 Å². The molecule has 130 valence electrons. The fourth-order valence-electron chi connectivity index (χ4n) is 3.18. The Balaban J connectivity index is 2.32. The SMILES string of the molecule is CCOc1ccc(Cl)cc1C1(c2ccc(C)cc2)C=C(N)NC(N)=C1. The van der Waals surface area contributed by atoms with Gasteiger partial charge < -0.3 is 21.5 Å². The number of dihydropyridines is 1. The molecule has 0 aliphatic carbocycles. The summed E-state index contributed by atoms with van der Waals surface area (Å²) in [4.78, 5) is 0. The number of nitrogens with one attached hydrogen (secondary N) is 1. The van der Waals surface area contributed by atoms with Crippen molar-refractivity contribution in [2.45, 2.75) is 19.3 Å². The van der Waals surface area contributed by atoms with E-state index in [2.05, 4.69) is 36.5 Å². The number of hydrogen-bond acceptors (Lipinski definition) is 4. The summed E-state index contributed by atoms with van der Waals surface area (Å²) >= 11 is 6.31. The lowest BCUT2D eigenvalue weighted by Gasteiger charge is -2.34. The summed E-state index contributed by atoms with van der Waals surface area (Å²) in [6.45, 7) is 4.56. The summed E-state index contributed by atoms with van der Waals surface area (Å²) in [6.07, 6.45) is 3.89. The number of allylic oxidation sites excluding steroid dienone is 2. The van der Waals surface area contributed by atoms with Crippen molar-refractivity contribution in [3.05, 3.63) is 88.0 Å². The maximum Gasteiger partial charge on any atom is 0.124 e. The van der Waals surface area contributed by atoms with Crippen molar-refractivity contribution in [2.24, 2.45) is 11.5 Å². The van der Waals surface area contributed by atoms with Crippen LogP contribution in [-0.4, -0.2) is 6.61 Å². The Hall–Kier alpha value is -2.59. The average molecular weight is 356 g/mol. The van der Waals surface area contributed by atoms with E-state index < -0.39 is 5.41 Å². The van der Waals surface area contributed by atoms with Crippen molar-refractivity contribution in [1.82, 2.24) is 5.32 Å². The molecule has 1 aliphatic heterocycles. The Kier molecular flexibility index (Phi) is 4.64. The molecule has 0 saturated carbocycles. The minimum Gasteiger partial charge on any atom is -0.494 e. The van der Waals surface area contributed by atoms with Crippen molar-refractivity contribution in [3.63, 3.8) is 0 Å². The van der Waals surface area contributed by atoms with Crippen molar-refractivity contribution in [2.75, 3.05) is 6.61 Å². The van der Waals surface area contributed by atoms with Crippen LogP contribution in [0.15, 0.2) is 66.3 Å². The van der Waals surface area contributed by atoms with Crippen molar-refractivity contribution < 1.29 is 4.74 Å². The molecule has 0 radical (unpaired) electrons. The van der Waals surface area contributed by atoms with Crippen LogP contribution in [0.4, 0.5) is 0 Å². The van der Waals surface area contributed by atoms with Gasteiger partial charge in [-0.05, 0) is 49.8 Å². The average Bonchev–Trinajstić information content (AvgIpc) is 2.56. The molecule has 0 spiro atoms. The summed E-state index contributed by atoms with van der Waals surface area (Å²) in [6, 6.07) is 13.9. The number of hydrogen-bond donors (Lipinski definition) is 3. The lowest BCUT2D eigenvalue weighted by molar-refractivity contribution is 0.334. The minimum absolute atomic E-state index is 0.489. The van der Waals surface area contributed by atoms with E-state index in [0.717, 1.165) is 16.9 Å². The van der Waals surface area contributed by atoms with Gasteiger partial charge in [0.2, 0.25) is 0 Å². The molecule has 0 unspecified atom stereocenters. The Morgan fingerprint density at radius 1 is 1.04 bits per heavy atom. The molecule has 4 nitrogen and oxygen atoms in total. The standard InChI is InChI=1S/C20H22ClN3O/c1-3-25-17-9-8-15(21)10-16(17)20(11-18(22)24-19(23)12-20)14-6-4-13(2)5-7-14/h4-12,24H,3,22-23H2,1-2H3. The highest BCUT2D eigenvalue weighted by molar-refractivity contribution is 6.30. The van der Waals surface area contributed by atoms with E-state index in [-0.39, 0.29) is 0 Å². The predicted molar refractivity (Wildman–Crippen MR) is 102 cm³/mol. The van der Waals surface area contributed by atoms with Gasteiger partial charge in [0.05, 0.1) is 23.7 Å². The van der Waals surface area contributed by atoms with Crippen LogP contribution < -0.4 is 21.5 Å². The summed E-state index contributed by atoms with van der Waals surface area (Å²) in [5, 5.41) is 3.58. The van der Waals surface area contributed by atoms with Gasteiger partial charge in [-0.25, -0.2) is 0 Å². The molecule has 1 aliphatic rings. The van der Waals surface area contributed by atoms with E-state index in [9.17, 15) is 0 Å². The molecule has 0 amide bonds. The van der Waals surface area contributed by atoms with Crippen LogP contribution in [0.2, 0.25) is 5.02 Å². The van der Waals surface area contributed by atoms with Gasteiger partial charge in [-0.2, -0.15) is 0 Å². The highest BCUT2D eigenvalue weighted by atomic mass is 35.5. The summed E-state index contributed by atoms with van der Waals surface area (Å²) in [5.74, 6) is 1.73. The van der Waals surface area contributed by atoms with Gasteiger partial charge in [-0.1, -0.05) is 41.4 Å². The molecule has 25 heavy (non-hydrogen) atoms. The number of ether oxygens (including phenoxy) is 1. The molecule has 0 saturated heterocycles. The highest BCUT2D eigenvalue weighted by Gasteiger charge is 2.36. The lowest BCUT2D eigenvalue weighted by atomic mass is 9.72. The summed E-state index contributed by atoms with van der Waals surface area (Å²) in [5.41, 5.74) is 14.7. The minimum atomic E-state index is -0.664. The van der Waals surface area contributed by atoms with Gasteiger partial charge in [0.1, 0.15) is 5.75 Å². The maximum atomic E-state index is 6.31. The van der Waals surface area contributed by atoms with E-state index in [1.807, 2.05) is 37.3 Å². The van der Waals surface area contributed by atoms with Crippen LogP contribution in [-0.2, 0) is 5.41 Å². The Labute approximate surface area is 153 Å². The van der Waals surface area contributed by atoms with Crippen LogP contribution in [0.5, 0.6) is 5.75 Å². The molecule has 2 aromatic carbocycles. The molecule has 5 heteroatoms. The molecule has 3 rings (SSSR count). The third kappa shape index (κ3) is 3.30. The fourth-order valence-corrected chi connectivity index (χ4v) is 3.36. The highest BCUT2D eigenvalue weighted by Crippen LogP contribution is 2.43. The number of nitrogens with two attached hydrogens (primary N) is 2. The first-order valence-corrected chi connectivity index (χ1v) is 8.56. The third-order valence-electron chi connectivity index (χ3n) is 4.27. The van der Waals surface area contributed by atoms with E-state index in [1.54, 1.807) is 0 Å². The van der Waals surface area contributed by atoms with Crippen LogP contribution in [0.3, 0.4) is 0 Å². The third-order valence-corrected chi connectivity index (χ3v) is 4.51. The van der Waals surface area contributed by atoms with Gasteiger partial charge >= 0.3 is 0 Å². The smallest absolute Gasteiger partial charge is 0.124 e. The van der Waals surface area contributed by atoms with Crippen LogP contribution in [0, 0.1) is 6.92 Å². The predicted octanol–water partition coefficient (Wildman–Crippen LogP) is 3.54. The molecule has 2 aromatic rings. The Morgan fingerprint density at radius 3 is 2.28 bits per heavy atom. The molecule has 0 aromatic heterocycles. The molecular formula is C20H22ClN3O.